The first kappa shape index (κ1) is 10.5. The van der Waals surface area contributed by atoms with Crippen molar-refractivity contribution in [1.82, 2.24) is 5.43 Å². The van der Waals surface area contributed by atoms with Crippen LogP contribution in [-0.2, 0) is 4.74 Å². The van der Waals surface area contributed by atoms with Crippen LogP contribution in [0.3, 0.4) is 0 Å². The Morgan fingerprint density at radius 1 is 1.38 bits per heavy atom. The molecule has 1 saturated heterocycles. The van der Waals surface area contributed by atoms with Crippen molar-refractivity contribution < 1.29 is 4.74 Å². The summed E-state index contributed by atoms with van der Waals surface area (Å²) >= 11 is 0. The first-order valence-corrected chi connectivity index (χ1v) is 4.99. The lowest BCUT2D eigenvalue weighted by Crippen LogP contribution is -2.31. The maximum absolute atomic E-state index is 5.47. The van der Waals surface area contributed by atoms with E-state index in [0.717, 1.165) is 13.0 Å². The molecule has 0 aromatic heterocycles. The van der Waals surface area contributed by atoms with Gasteiger partial charge < -0.3 is 4.74 Å². The van der Waals surface area contributed by atoms with Crippen molar-refractivity contribution in [3.8, 4) is 0 Å². The lowest BCUT2D eigenvalue weighted by Gasteiger charge is -2.22. The second-order valence-electron chi connectivity index (χ2n) is 4.61. The van der Waals surface area contributed by atoms with Crippen molar-refractivity contribution in [2.75, 3.05) is 6.61 Å². The van der Waals surface area contributed by atoms with Crippen LogP contribution < -0.4 is 5.43 Å². The van der Waals surface area contributed by atoms with Crippen LogP contribution in [0.1, 0.15) is 40.0 Å². The third-order valence-electron chi connectivity index (χ3n) is 1.85. The van der Waals surface area contributed by atoms with Crippen LogP contribution in [-0.4, -0.2) is 19.0 Å². The molecule has 0 aromatic carbocycles. The third kappa shape index (κ3) is 4.88. The number of ether oxygens (including phenoxy) is 1. The van der Waals surface area contributed by atoms with E-state index in [-0.39, 0.29) is 11.6 Å². The third-order valence-corrected chi connectivity index (χ3v) is 1.85. The van der Waals surface area contributed by atoms with Gasteiger partial charge in [0, 0.05) is 12.8 Å². The van der Waals surface area contributed by atoms with E-state index in [2.05, 4.69) is 31.3 Å². The van der Waals surface area contributed by atoms with Crippen molar-refractivity contribution in [2.24, 2.45) is 10.5 Å². The van der Waals surface area contributed by atoms with Crippen LogP contribution >= 0.6 is 0 Å². The van der Waals surface area contributed by atoms with Gasteiger partial charge in [0.15, 0.2) is 0 Å². The first-order chi connectivity index (χ1) is 6.08. The number of nitrogens with one attached hydrogen (secondary N) is 1. The van der Waals surface area contributed by atoms with Gasteiger partial charge in [-0.3, -0.25) is 5.43 Å². The molecule has 0 aromatic rings. The summed E-state index contributed by atoms with van der Waals surface area (Å²) in [7, 11) is 0. The van der Waals surface area contributed by atoms with Crippen molar-refractivity contribution in [2.45, 2.75) is 46.3 Å². The molecular formula is C10H20N2O. The Kier molecular flexibility index (Phi) is 3.72. The van der Waals surface area contributed by atoms with Gasteiger partial charge >= 0.3 is 0 Å². The molecule has 1 fully saturated rings. The zero-order valence-corrected chi connectivity index (χ0v) is 8.84. The Hall–Kier alpha value is -0.570. The smallest absolute Gasteiger partial charge is 0.142 e. The number of hydrazone groups is 1. The molecule has 1 heterocycles. The summed E-state index contributed by atoms with van der Waals surface area (Å²) in [6.45, 7) is 7.24. The van der Waals surface area contributed by atoms with Gasteiger partial charge in [0.25, 0.3) is 0 Å². The quantitative estimate of drug-likeness (QED) is 0.527. The number of rotatable bonds is 2. The molecule has 0 aliphatic carbocycles. The topological polar surface area (TPSA) is 33.6 Å². The molecule has 76 valence electrons. The Balaban J connectivity index is 2.21. The molecular weight excluding hydrogens is 164 g/mol. The number of hydrogen-bond donors (Lipinski definition) is 1. The van der Waals surface area contributed by atoms with E-state index >= 15 is 0 Å². The minimum Gasteiger partial charge on any atom is -0.357 e. The van der Waals surface area contributed by atoms with Crippen molar-refractivity contribution >= 4 is 6.21 Å². The minimum absolute atomic E-state index is 0.132. The summed E-state index contributed by atoms with van der Waals surface area (Å²) in [4.78, 5) is 0. The lowest BCUT2D eigenvalue weighted by atomic mass is 9.99. The summed E-state index contributed by atoms with van der Waals surface area (Å²) in [6, 6.07) is 0. The highest BCUT2D eigenvalue weighted by atomic mass is 16.5. The summed E-state index contributed by atoms with van der Waals surface area (Å²) in [5, 5.41) is 4.17. The second-order valence-corrected chi connectivity index (χ2v) is 4.61. The van der Waals surface area contributed by atoms with Gasteiger partial charge in [-0.1, -0.05) is 20.8 Å². The van der Waals surface area contributed by atoms with Crippen LogP contribution in [0, 0.1) is 5.41 Å². The van der Waals surface area contributed by atoms with Gasteiger partial charge in [-0.25, -0.2) is 0 Å². The Morgan fingerprint density at radius 3 is 2.69 bits per heavy atom. The minimum atomic E-state index is 0.132. The highest BCUT2D eigenvalue weighted by Gasteiger charge is 2.12. The van der Waals surface area contributed by atoms with Crippen molar-refractivity contribution in [3.05, 3.63) is 0 Å². The zero-order valence-electron chi connectivity index (χ0n) is 8.84. The SMILES string of the molecule is CC(C)(C)/C=N\NC1CCCCO1. The molecule has 13 heavy (non-hydrogen) atoms. The Labute approximate surface area is 80.5 Å². The largest absolute Gasteiger partial charge is 0.357 e. The summed E-state index contributed by atoms with van der Waals surface area (Å²) < 4.78 is 5.47. The molecule has 0 radical (unpaired) electrons. The predicted octanol–water partition coefficient (Wildman–Crippen LogP) is 2.13. The molecule has 1 unspecified atom stereocenters. The van der Waals surface area contributed by atoms with Crippen LogP contribution in [0.25, 0.3) is 0 Å². The molecule has 1 rings (SSSR count). The van der Waals surface area contributed by atoms with E-state index in [1.54, 1.807) is 0 Å². The van der Waals surface area contributed by atoms with Gasteiger partial charge in [0.1, 0.15) is 6.23 Å². The van der Waals surface area contributed by atoms with Crippen LogP contribution in [0.4, 0.5) is 0 Å². The van der Waals surface area contributed by atoms with Gasteiger partial charge in [0.05, 0.1) is 0 Å². The predicted molar refractivity (Wildman–Crippen MR) is 54.7 cm³/mol. The number of nitrogens with zero attached hydrogens (tertiary/aromatic N) is 1. The fourth-order valence-corrected chi connectivity index (χ4v) is 1.16. The van der Waals surface area contributed by atoms with Crippen LogP contribution in [0.15, 0.2) is 5.10 Å². The van der Waals surface area contributed by atoms with E-state index in [1.165, 1.54) is 12.8 Å². The van der Waals surface area contributed by atoms with Gasteiger partial charge in [0.2, 0.25) is 0 Å². The Bertz CT molecular complexity index is 166. The summed E-state index contributed by atoms with van der Waals surface area (Å²) in [5.41, 5.74) is 3.17. The molecule has 3 nitrogen and oxygen atoms in total. The molecule has 1 aliphatic heterocycles. The van der Waals surface area contributed by atoms with Crippen molar-refractivity contribution in [3.63, 3.8) is 0 Å². The molecule has 1 N–H and O–H groups in total. The van der Waals surface area contributed by atoms with Gasteiger partial charge in [-0.05, 0) is 24.7 Å². The highest BCUT2D eigenvalue weighted by Crippen LogP contribution is 2.11. The molecule has 0 bridgehead atoms. The fraction of sp³-hybridized carbons (Fsp3) is 0.900. The summed E-state index contributed by atoms with van der Waals surface area (Å²) in [5.74, 6) is 0. The monoisotopic (exact) mass is 184 g/mol. The highest BCUT2D eigenvalue weighted by molar-refractivity contribution is 5.63. The fourth-order valence-electron chi connectivity index (χ4n) is 1.16. The number of hydrogen-bond acceptors (Lipinski definition) is 3. The van der Waals surface area contributed by atoms with Crippen LogP contribution in [0.2, 0.25) is 0 Å². The lowest BCUT2D eigenvalue weighted by molar-refractivity contribution is -0.00452. The van der Waals surface area contributed by atoms with Crippen LogP contribution in [0.5, 0.6) is 0 Å². The van der Waals surface area contributed by atoms with E-state index in [9.17, 15) is 0 Å². The van der Waals surface area contributed by atoms with E-state index < -0.39 is 0 Å². The maximum atomic E-state index is 5.47. The molecule has 0 saturated carbocycles. The van der Waals surface area contributed by atoms with E-state index in [0.29, 0.717) is 0 Å². The molecule has 0 spiro atoms. The van der Waals surface area contributed by atoms with Gasteiger partial charge in [-0.2, -0.15) is 5.10 Å². The molecule has 1 atom stereocenters. The molecule has 1 aliphatic rings. The average molecular weight is 184 g/mol. The standard InChI is InChI=1S/C10H20N2O/c1-10(2,3)8-11-12-9-6-4-5-7-13-9/h8-9,12H,4-7H2,1-3H3/b11-8-. The molecule has 0 amide bonds. The second kappa shape index (κ2) is 4.61. The normalized spacial score (nSPS) is 25.0. The van der Waals surface area contributed by atoms with Gasteiger partial charge in [-0.15, -0.1) is 0 Å². The Morgan fingerprint density at radius 2 is 2.15 bits per heavy atom. The first-order valence-electron chi connectivity index (χ1n) is 4.99. The van der Waals surface area contributed by atoms with E-state index in [4.69, 9.17) is 4.74 Å². The molecule has 3 heteroatoms. The average Bonchev–Trinajstić information content (AvgIpc) is 2.04. The maximum Gasteiger partial charge on any atom is 0.142 e. The zero-order chi connectivity index (χ0) is 9.73. The summed E-state index contributed by atoms with van der Waals surface area (Å²) in [6.07, 6.45) is 5.54. The van der Waals surface area contributed by atoms with E-state index in [1.807, 2.05) is 6.21 Å². The van der Waals surface area contributed by atoms with Crippen molar-refractivity contribution in [1.29, 1.82) is 0 Å².